The van der Waals surface area contributed by atoms with Crippen molar-refractivity contribution in [3.05, 3.63) is 76.6 Å². The van der Waals surface area contributed by atoms with Crippen molar-refractivity contribution in [1.29, 1.82) is 0 Å². The number of H-pyrrole nitrogens is 2. The van der Waals surface area contributed by atoms with Gasteiger partial charge in [-0.15, -0.1) is 23.2 Å². The number of urea groups is 1. The summed E-state index contributed by atoms with van der Waals surface area (Å²) in [6, 6.07) is 8.28. The maximum atomic E-state index is 14.9. The monoisotopic (exact) mass is 1730 g/mol. The number of nitrogens with two attached hydrogens (primary N) is 1. The summed E-state index contributed by atoms with van der Waals surface area (Å²) in [5.74, 6) is -2.80. The topological polar surface area (TPSA) is 458 Å². The van der Waals surface area contributed by atoms with Crippen LogP contribution in [-0.4, -0.2) is 261 Å². The van der Waals surface area contributed by atoms with Crippen LogP contribution in [0.5, 0.6) is 11.5 Å². The van der Waals surface area contributed by atoms with E-state index in [9.17, 15) is 53.1 Å². The van der Waals surface area contributed by atoms with E-state index < -0.39 is 58.1 Å². The Kier molecular flexibility index (Phi) is 37.4. The average molecular weight is 1740 g/mol. The number of aromatic hydroxyl groups is 1. The minimum absolute atomic E-state index is 0. The zero-order valence-corrected chi connectivity index (χ0v) is 70.8. The van der Waals surface area contributed by atoms with E-state index in [1.54, 1.807) is 60.0 Å². The molecule has 3 aromatic carbocycles. The molecular weight excluding hydrogens is 1630 g/mol. The van der Waals surface area contributed by atoms with Gasteiger partial charge in [0.2, 0.25) is 35.4 Å². The second-order valence-corrected chi connectivity index (χ2v) is 29.9. The van der Waals surface area contributed by atoms with Gasteiger partial charge in [-0.05, 0) is 101 Å². The number of benzene rings is 3. The number of alkyl halides is 2. The maximum absolute atomic E-state index is 14.9. The number of aromatic nitrogens is 2. The summed E-state index contributed by atoms with van der Waals surface area (Å²) in [4.78, 5) is 153. The van der Waals surface area contributed by atoms with Crippen LogP contribution < -0.4 is 36.2 Å². The number of carbonyl (C=O) groups is 10. The molecule has 4 fully saturated rings. The molecule has 621 valence electrons. The van der Waals surface area contributed by atoms with Crippen LogP contribution in [0.15, 0.2) is 48.8 Å². The Morgan fingerprint density at radius 1 is 0.717 bits per heavy atom. The molecule has 3 saturated carbocycles. The van der Waals surface area contributed by atoms with Crippen molar-refractivity contribution in [2.45, 2.75) is 109 Å². The molecule has 6 atom stereocenters. The molecule has 113 heavy (non-hydrogen) atoms. The van der Waals surface area contributed by atoms with Gasteiger partial charge in [-0.3, -0.25) is 38.5 Å². The third-order valence-electron chi connectivity index (χ3n) is 20.6. The van der Waals surface area contributed by atoms with Gasteiger partial charge in [-0.2, -0.15) is 0 Å². The number of aryl methyl sites for hydroxylation is 2. The van der Waals surface area contributed by atoms with Crippen LogP contribution in [0.3, 0.4) is 0 Å². The molecule has 6 aliphatic rings. The predicted molar refractivity (Wildman–Crippen MR) is 423 cm³/mol. The van der Waals surface area contributed by atoms with E-state index in [1.807, 2.05) is 26.2 Å². The Morgan fingerprint density at radius 2 is 1.20 bits per heavy atom. The SMILES string of the molecule is Cc1c[nH]c2c(O)cc3c(c12)[C@H](CCl)CN3C(=O)C12CC(C(=O)N3C[C@@H](CCl)c4c3cc(OC(=O)N(C)CCN(C)C(=O)OCc3ccc(NC(=O)[C@H](CCCNC(N)=O)CC(=O)[C@@H](NC(=O)CCOCCOCCOCCOCCOCCOCCN5C(=O)CC([S-])C5=O)C(C)C)cc3)c3[nH]cc(C)c43)(C1)C2.O.O.OP.[Y]. The zero-order chi connectivity index (χ0) is 79.6. The second kappa shape index (κ2) is 44.5. The number of ketones is 1. The Bertz CT molecular complexity index is 4100. The van der Waals surface area contributed by atoms with Gasteiger partial charge in [-0.1, -0.05) is 31.2 Å². The molecule has 2 bridgehead atoms. The molecular formula is C75H105Cl2N11O22PSY-. The van der Waals surface area contributed by atoms with Gasteiger partial charge >= 0.3 is 18.2 Å². The second-order valence-electron chi connectivity index (χ2n) is 28.7. The van der Waals surface area contributed by atoms with Crippen LogP contribution in [0.25, 0.3) is 21.8 Å². The Balaban J connectivity index is 0.00000395. The van der Waals surface area contributed by atoms with Crippen LogP contribution in [0.2, 0.25) is 0 Å². The molecule has 33 nitrogen and oxygen atoms in total. The van der Waals surface area contributed by atoms with E-state index in [1.165, 1.54) is 33.4 Å². The molecule has 10 amide bonds. The smallest absolute Gasteiger partial charge is 0.415 e. The van der Waals surface area contributed by atoms with E-state index in [4.69, 9.17) is 84.4 Å². The van der Waals surface area contributed by atoms with Gasteiger partial charge in [0.1, 0.15) is 12.4 Å². The van der Waals surface area contributed by atoms with E-state index in [-0.39, 0.29) is 193 Å². The van der Waals surface area contributed by atoms with Crippen LogP contribution in [0.1, 0.15) is 105 Å². The molecule has 3 aliphatic carbocycles. The number of aromatic amines is 2. The fraction of sp³-hybridized carbons (Fsp3) is 0.573. The number of hydrogen-bond donors (Lipinski definition) is 8. The molecule has 13 N–H and O–H groups in total. The Labute approximate surface area is 698 Å². The largest absolute Gasteiger partial charge is 0.779 e. The third-order valence-corrected chi connectivity index (χ3v) is 21.8. The van der Waals surface area contributed by atoms with Gasteiger partial charge in [0, 0.05) is 169 Å². The normalized spacial score (nSPS) is 18.8. The van der Waals surface area contributed by atoms with Crippen LogP contribution in [0, 0.1) is 36.5 Å². The number of Topliss-reactive ketones (excluding diaryl/α,β-unsaturated/α-hetero) is 1. The Hall–Kier alpha value is -6.86. The number of nitrogens with one attached hydrogen (secondary N) is 5. The number of primary amides is 1. The number of amides is 10. The van der Waals surface area contributed by atoms with Crippen molar-refractivity contribution in [2.75, 3.05) is 160 Å². The number of carbonyl (C=O) groups excluding carboxylic acids is 10. The molecule has 1 saturated heterocycles. The minimum atomic E-state index is -0.905. The number of rotatable bonds is 42. The van der Waals surface area contributed by atoms with Gasteiger partial charge in [0.15, 0.2) is 11.5 Å². The predicted octanol–water partition coefficient (Wildman–Crippen LogP) is 5.26. The summed E-state index contributed by atoms with van der Waals surface area (Å²) in [7, 11) is 4.48. The first-order chi connectivity index (χ1) is 52.8. The number of halogens is 2. The number of fused-ring (bicyclic) bond motifs is 6. The van der Waals surface area contributed by atoms with Crippen molar-refractivity contribution < 1.29 is 140 Å². The Morgan fingerprint density at radius 3 is 1.70 bits per heavy atom. The first-order valence-corrected chi connectivity index (χ1v) is 38.9. The first kappa shape index (κ1) is 95.0. The summed E-state index contributed by atoms with van der Waals surface area (Å²) in [6.07, 6.45) is 3.72. The van der Waals surface area contributed by atoms with E-state index in [0.29, 0.717) is 131 Å². The number of ether oxygens (including phenoxy) is 8. The van der Waals surface area contributed by atoms with Crippen molar-refractivity contribution in [1.82, 2.24) is 35.3 Å². The number of phenols is 1. The van der Waals surface area contributed by atoms with Crippen molar-refractivity contribution in [2.24, 2.45) is 28.4 Å². The van der Waals surface area contributed by atoms with Gasteiger partial charge in [0.25, 0.3) is 0 Å². The van der Waals surface area contributed by atoms with E-state index in [0.717, 1.165) is 37.9 Å². The van der Waals surface area contributed by atoms with Crippen LogP contribution in [0.4, 0.5) is 31.4 Å². The molecule has 0 spiro atoms. The molecule has 5 aromatic rings. The molecule has 38 heteroatoms. The molecule has 2 unspecified atom stereocenters. The quantitative estimate of drug-likeness (QED) is 0.00811. The molecule has 1 radical (unpaired) electrons. The van der Waals surface area contributed by atoms with E-state index >= 15 is 0 Å². The number of likely N-dealkylation sites (N-methyl/N-ethyl adjacent to an activating group) is 2. The summed E-state index contributed by atoms with van der Waals surface area (Å²) in [6.45, 7) is 12.0. The summed E-state index contributed by atoms with van der Waals surface area (Å²) in [5.41, 5.74) is 10.8. The van der Waals surface area contributed by atoms with Gasteiger partial charge in [-0.25, -0.2) is 14.4 Å². The van der Waals surface area contributed by atoms with Crippen molar-refractivity contribution >= 4 is 144 Å². The van der Waals surface area contributed by atoms with Gasteiger partial charge < -0.3 is 123 Å². The average Bonchev–Trinajstić information content (AvgIpc) is 1.62. The van der Waals surface area contributed by atoms with Crippen molar-refractivity contribution in [3.8, 4) is 11.5 Å². The summed E-state index contributed by atoms with van der Waals surface area (Å²) in [5, 5.41) is 20.2. The third kappa shape index (κ3) is 23.3. The molecule has 5 heterocycles. The molecule has 2 aromatic heterocycles. The number of imide groups is 1. The van der Waals surface area contributed by atoms with E-state index in [2.05, 4.69) is 25.9 Å². The summed E-state index contributed by atoms with van der Waals surface area (Å²) >= 11 is 18.1. The van der Waals surface area contributed by atoms with Crippen LogP contribution in [-0.2, 0) is 119 Å². The van der Waals surface area contributed by atoms with Crippen LogP contribution >= 0.6 is 32.7 Å². The standard InChI is InChI=1S/C75H99Cl2N11O19S.H3OP.2H2O.Y/c1-44(2)64(83-58(91)13-18-100-20-22-102-24-26-104-28-29-105-27-25-103-23-21-101-19-17-86-59(92)33-57(108)68(86)94)54(89)30-48(8-7-14-79-71(78)97)67(93)82-51-11-9-47(10-12-51)40-106-72(98)84(5)15-16-85(6)73(99)107-56-32-53-63(61-46(4)37-81-66(56)61)50(35-77)39-88(53)70(96)75-41-74(42-75,43-75)69(95)87-38-49(34-76)62-52(87)31-55(90)65-60(62)45(3)36-80-65;1-2;;;/h9-12,31-32,36-37,44,48-50,57,64,80-81,90,108H,7-8,13-30,33-35,38-43H2,1-6H3,(H,82,93)(H,83,91)(H3,78,79,97);1H,2H2;2*1H2;/p-1/t48-,49-,50-,57?,64+,74?,75?;;;;/m1..../s1. The fourth-order valence-corrected chi connectivity index (χ4v) is 15.7. The molecule has 11 rings (SSSR count). The maximum Gasteiger partial charge on any atom is 0.415 e. The molecule has 3 aliphatic heterocycles. The number of hydrogen-bond acceptors (Lipinski definition) is 21. The number of nitrogens with zero attached hydrogens (tertiary/aromatic N) is 5. The number of likely N-dealkylation sites (tertiary alicyclic amines) is 1. The fourth-order valence-electron chi connectivity index (χ4n) is 14.9. The van der Waals surface area contributed by atoms with Gasteiger partial charge in [0.05, 0.1) is 125 Å². The number of phenolic OH excluding ortho intramolecular Hbond substituents is 1. The number of anilines is 3. The first-order valence-electron chi connectivity index (χ1n) is 36.8. The minimum Gasteiger partial charge on any atom is -0.779 e. The zero-order valence-electron chi connectivity index (χ0n) is 64.5. The summed E-state index contributed by atoms with van der Waals surface area (Å²) < 4.78 is 44.8. The van der Waals surface area contributed by atoms with Crippen molar-refractivity contribution in [3.63, 3.8) is 0 Å².